The fraction of sp³-hybridized carbons (Fsp3) is 0.867. The molecular weight excluding hydrogens is 306 g/mol. The minimum Gasteiger partial charge on any atom is -0.481 e. The van der Waals surface area contributed by atoms with Crippen LogP contribution in [0.4, 0.5) is 0 Å². The predicted molar refractivity (Wildman–Crippen MR) is 82.1 cm³/mol. The van der Waals surface area contributed by atoms with E-state index in [0.717, 1.165) is 12.8 Å². The van der Waals surface area contributed by atoms with Gasteiger partial charge in [0.15, 0.2) is 9.84 Å². The molecule has 7 heteroatoms. The number of carbonyl (C=O) groups excluding carboxylic acids is 1. The number of carbonyl (C=O) groups is 2. The number of unbranched alkanes of at least 4 members (excludes halogenated alkanes) is 1. The summed E-state index contributed by atoms with van der Waals surface area (Å²) in [6.07, 6.45) is 3.81. The molecule has 0 spiro atoms. The van der Waals surface area contributed by atoms with Gasteiger partial charge in [0.05, 0.1) is 17.4 Å². The first kappa shape index (κ1) is 17.2. The first-order chi connectivity index (χ1) is 10.3. The van der Waals surface area contributed by atoms with Crippen molar-refractivity contribution in [1.82, 2.24) is 4.90 Å². The third-order valence-corrected chi connectivity index (χ3v) is 6.57. The zero-order chi connectivity index (χ0) is 16.3. The summed E-state index contributed by atoms with van der Waals surface area (Å²) < 4.78 is 23.4. The third kappa shape index (κ3) is 4.00. The van der Waals surface area contributed by atoms with Crippen LogP contribution in [0.5, 0.6) is 0 Å². The average Bonchev–Trinajstić information content (AvgIpc) is 3.06. The lowest BCUT2D eigenvalue weighted by Crippen LogP contribution is -2.44. The number of carboxylic acid groups (broad SMARTS) is 1. The summed E-state index contributed by atoms with van der Waals surface area (Å²) in [5.41, 5.74) is 0. The first-order valence-corrected chi connectivity index (χ1v) is 9.90. The number of hydrogen-bond acceptors (Lipinski definition) is 4. The molecular formula is C15H25NO5S. The van der Waals surface area contributed by atoms with E-state index in [2.05, 4.69) is 0 Å². The number of amides is 1. The van der Waals surface area contributed by atoms with Gasteiger partial charge < -0.3 is 10.0 Å². The number of carboxylic acids is 1. The van der Waals surface area contributed by atoms with Gasteiger partial charge in [-0.15, -0.1) is 0 Å². The Morgan fingerprint density at radius 3 is 2.36 bits per heavy atom. The molecule has 0 aromatic heterocycles. The van der Waals surface area contributed by atoms with E-state index in [9.17, 15) is 18.0 Å². The molecule has 0 aromatic carbocycles. The van der Waals surface area contributed by atoms with Crippen LogP contribution < -0.4 is 0 Å². The summed E-state index contributed by atoms with van der Waals surface area (Å²) in [6, 6.07) is -0.229. The molecule has 6 nitrogen and oxygen atoms in total. The minimum atomic E-state index is -3.03. The van der Waals surface area contributed by atoms with E-state index in [0.29, 0.717) is 32.2 Å². The van der Waals surface area contributed by atoms with Gasteiger partial charge in [0.2, 0.25) is 5.91 Å². The van der Waals surface area contributed by atoms with Gasteiger partial charge in [0.1, 0.15) is 0 Å². The molecule has 1 saturated heterocycles. The molecule has 3 atom stereocenters. The zero-order valence-corrected chi connectivity index (χ0v) is 13.8. The Hall–Kier alpha value is -1.11. The van der Waals surface area contributed by atoms with E-state index in [1.165, 1.54) is 0 Å². The highest BCUT2D eigenvalue weighted by Crippen LogP contribution is 2.33. The summed E-state index contributed by atoms with van der Waals surface area (Å²) >= 11 is 0. The molecule has 2 fully saturated rings. The molecule has 1 N–H and O–H groups in total. The molecule has 2 aliphatic rings. The van der Waals surface area contributed by atoms with Gasteiger partial charge in [0, 0.05) is 18.5 Å². The summed E-state index contributed by atoms with van der Waals surface area (Å²) in [5, 5.41) is 9.07. The number of hydrogen-bond donors (Lipinski definition) is 1. The van der Waals surface area contributed by atoms with Gasteiger partial charge >= 0.3 is 5.97 Å². The molecule has 0 bridgehead atoms. The lowest BCUT2D eigenvalue weighted by atomic mass is 10.0. The van der Waals surface area contributed by atoms with Crippen molar-refractivity contribution in [2.45, 2.75) is 51.5 Å². The van der Waals surface area contributed by atoms with Crippen molar-refractivity contribution in [2.75, 3.05) is 18.1 Å². The van der Waals surface area contributed by atoms with Gasteiger partial charge in [0.25, 0.3) is 0 Å². The fourth-order valence-electron chi connectivity index (χ4n) is 3.49. The van der Waals surface area contributed by atoms with Crippen molar-refractivity contribution < 1.29 is 23.1 Å². The van der Waals surface area contributed by atoms with Crippen LogP contribution in [-0.2, 0) is 19.4 Å². The van der Waals surface area contributed by atoms with Gasteiger partial charge in [-0.2, -0.15) is 0 Å². The van der Waals surface area contributed by atoms with E-state index in [1.807, 2.05) is 6.92 Å². The zero-order valence-electron chi connectivity index (χ0n) is 13.0. The Kier molecular flexibility index (Phi) is 5.47. The Balaban J connectivity index is 2.05. The Morgan fingerprint density at radius 2 is 1.86 bits per heavy atom. The number of sulfone groups is 1. The minimum absolute atomic E-state index is 0.0423. The number of rotatable bonds is 6. The van der Waals surface area contributed by atoms with Gasteiger partial charge in [-0.3, -0.25) is 9.59 Å². The third-order valence-electron chi connectivity index (χ3n) is 4.82. The van der Waals surface area contributed by atoms with E-state index >= 15 is 0 Å². The molecule has 1 amide bonds. The van der Waals surface area contributed by atoms with E-state index in [4.69, 9.17) is 5.11 Å². The lowest BCUT2D eigenvalue weighted by Gasteiger charge is -2.30. The van der Waals surface area contributed by atoms with Gasteiger partial charge in [-0.05, 0) is 32.1 Å². The second kappa shape index (κ2) is 6.98. The summed E-state index contributed by atoms with van der Waals surface area (Å²) in [7, 11) is -3.03. The van der Waals surface area contributed by atoms with E-state index in [-0.39, 0.29) is 29.4 Å². The molecule has 1 aliphatic heterocycles. The second-order valence-electron chi connectivity index (χ2n) is 6.49. The van der Waals surface area contributed by atoms with Gasteiger partial charge in [-0.25, -0.2) is 8.42 Å². The van der Waals surface area contributed by atoms with Crippen LogP contribution in [0.2, 0.25) is 0 Å². The van der Waals surface area contributed by atoms with Crippen LogP contribution in [-0.4, -0.2) is 54.4 Å². The maximum Gasteiger partial charge on any atom is 0.306 e. The lowest BCUT2D eigenvalue weighted by molar-refractivity contribution is -0.142. The Labute approximate surface area is 131 Å². The molecule has 1 heterocycles. The highest BCUT2D eigenvalue weighted by atomic mass is 32.2. The Morgan fingerprint density at radius 1 is 1.18 bits per heavy atom. The molecule has 2 rings (SSSR count). The van der Waals surface area contributed by atoms with Crippen molar-refractivity contribution in [3.63, 3.8) is 0 Å². The van der Waals surface area contributed by atoms with Crippen molar-refractivity contribution in [3.8, 4) is 0 Å². The summed E-state index contributed by atoms with van der Waals surface area (Å²) in [6.45, 7) is 2.60. The topological polar surface area (TPSA) is 91.8 Å². The molecule has 0 radical (unpaired) electrons. The van der Waals surface area contributed by atoms with E-state index < -0.39 is 21.7 Å². The van der Waals surface area contributed by atoms with Crippen LogP contribution in [0.1, 0.15) is 45.4 Å². The maximum absolute atomic E-state index is 12.8. The molecule has 126 valence electrons. The SMILES string of the molecule is CCCCN(C(=O)[C@@H]1CC[C@H](C(=O)O)C1)C1CCS(=O)(=O)C1. The van der Waals surface area contributed by atoms with Crippen LogP contribution in [0.3, 0.4) is 0 Å². The molecule has 22 heavy (non-hydrogen) atoms. The molecule has 1 saturated carbocycles. The quantitative estimate of drug-likeness (QED) is 0.792. The van der Waals surface area contributed by atoms with Crippen LogP contribution in [0.25, 0.3) is 0 Å². The van der Waals surface area contributed by atoms with Crippen molar-refractivity contribution in [3.05, 3.63) is 0 Å². The summed E-state index contributed by atoms with van der Waals surface area (Å²) in [5.74, 6) is -1.37. The Bertz CT molecular complexity index is 530. The van der Waals surface area contributed by atoms with Crippen LogP contribution >= 0.6 is 0 Å². The molecule has 1 unspecified atom stereocenters. The smallest absolute Gasteiger partial charge is 0.306 e. The predicted octanol–water partition coefficient (Wildman–Crippen LogP) is 1.30. The largest absolute Gasteiger partial charge is 0.481 e. The first-order valence-electron chi connectivity index (χ1n) is 8.07. The normalized spacial score (nSPS) is 30.3. The van der Waals surface area contributed by atoms with Gasteiger partial charge in [-0.1, -0.05) is 13.3 Å². The van der Waals surface area contributed by atoms with Crippen molar-refractivity contribution in [1.29, 1.82) is 0 Å². The highest BCUT2D eigenvalue weighted by molar-refractivity contribution is 7.91. The molecule has 0 aromatic rings. The summed E-state index contributed by atoms with van der Waals surface area (Å²) in [4.78, 5) is 25.5. The molecule has 1 aliphatic carbocycles. The monoisotopic (exact) mass is 331 g/mol. The van der Waals surface area contributed by atoms with Crippen LogP contribution in [0, 0.1) is 11.8 Å². The number of nitrogens with zero attached hydrogens (tertiary/aromatic N) is 1. The van der Waals surface area contributed by atoms with Crippen LogP contribution in [0.15, 0.2) is 0 Å². The van der Waals surface area contributed by atoms with E-state index in [1.54, 1.807) is 4.90 Å². The number of aliphatic carboxylic acids is 1. The second-order valence-corrected chi connectivity index (χ2v) is 8.72. The maximum atomic E-state index is 12.8. The standard InChI is InChI=1S/C15H25NO5S/c1-2-3-7-16(13-6-8-22(20,21)10-13)14(17)11-4-5-12(9-11)15(18)19/h11-13H,2-10H2,1H3,(H,18,19)/t11-,12+,13?/m1/s1. The average molecular weight is 331 g/mol. The fourth-order valence-corrected chi connectivity index (χ4v) is 5.22. The highest BCUT2D eigenvalue weighted by Gasteiger charge is 2.40. The van der Waals surface area contributed by atoms with Crippen molar-refractivity contribution >= 4 is 21.7 Å². The van der Waals surface area contributed by atoms with Crippen molar-refractivity contribution in [2.24, 2.45) is 11.8 Å².